The molecular weight excluding hydrogens is 200 g/mol. The maximum atomic E-state index is 5.61. The number of nitrogens with one attached hydrogen (secondary N) is 1. The Labute approximate surface area is 102 Å². The molecule has 0 rings (SSSR count). The van der Waals surface area contributed by atoms with E-state index < -0.39 is 0 Å². The molecule has 0 spiro atoms. The molecule has 1 N–H and O–H groups in total. The summed E-state index contributed by atoms with van der Waals surface area (Å²) in [6.45, 7) is 13.9. The Balaban J connectivity index is 3.03. The molecule has 0 aliphatic rings. The fourth-order valence-corrected chi connectivity index (χ4v) is 1.64. The van der Waals surface area contributed by atoms with E-state index in [0.29, 0.717) is 0 Å². The quantitative estimate of drug-likeness (QED) is 0.520. The van der Waals surface area contributed by atoms with Crippen molar-refractivity contribution in [1.29, 1.82) is 0 Å². The third-order valence-electron chi connectivity index (χ3n) is 2.84. The Hall–Kier alpha value is -0.120. The van der Waals surface area contributed by atoms with Gasteiger partial charge in [0.1, 0.15) is 0 Å². The van der Waals surface area contributed by atoms with E-state index in [1.807, 2.05) is 0 Å². The normalized spacial score (nSPS) is 11.2. The molecule has 0 radical (unpaired) electrons. The van der Waals surface area contributed by atoms with Crippen LogP contribution < -0.4 is 5.32 Å². The van der Waals surface area contributed by atoms with Crippen molar-refractivity contribution >= 4 is 0 Å². The Morgan fingerprint density at radius 3 is 2.31 bits per heavy atom. The van der Waals surface area contributed by atoms with E-state index >= 15 is 0 Å². The van der Waals surface area contributed by atoms with Gasteiger partial charge in [0.15, 0.2) is 0 Å². The van der Waals surface area contributed by atoms with Gasteiger partial charge in [-0.1, -0.05) is 20.8 Å². The fourth-order valence-electron chi connectivity index (χ4n) is 1.64. The van der Waals surface area contributed by atoms with Crippen molar-refractivity contribution in [2.45, 2.75) is 40.0 Å². The average Bonchev–Trinajstić information content (AvgIpc) is 2.32. The summed E-state index contributed by atoms with van der Waals surface area (Å²) in [5.74, 6) is 0. The molecule has 0 aliphatic carbocycles. The summed E-state index contributed by atoms with van der Waals surface area (Å²) < 4.78 is 5.61. The molecular formula is C13H30N2O. The summed E-state index contributed by atoms with van der Waals surface area (Å²) in [4.78, 5) is 2.39. The molecule has 0 aromatic rings. The summed E-state index contributed by atoms with van der Waals surface area (Å²) in [6, 6.07) is 0. The van der Waals surface area contributed by atoms with Gasteiger partial charge in [-0.25, -0.2) is 0 Å². The van der Waals surface area contributed by atoms with E-state index in [-0.39, 0.29) is 0 Å². The first-order valence-electron chi connectivity index (χ1n) is 6.85. The van der Waals surface area contributed by atoms with Gasteiger partial charge in [-0.05, 0) is 45.4 Å². The lowest BCUT2D eigenvalue weighted by Crippen LogP contribution is -2.27. The molecule has 0 atom stereocenters. The van der Waals surface area contributed by atoms with Gasteiger partial charge in [-0.3, -0.25) is 0 Å². The van der Waals surface area contributed by atoms with E-state index in [9.17, 15) is 0 Å². The van der Waals surface area contributed by atoms with E-state index in [2.05, 4.69) is 31.0 Å². The summed E-state index contributed by atoms with van der Waals surface area (Å²) in [5, 5.41) is 3.33. The Morgan fingerprint density at radius 2 is 1.69 bits per heavy atom. The molecule has 0 aromatic carbocycles. The number of hydrogen-bond acceptors (Lipinski definition) is 3. The largest absolute Gasteiger partial charge is 0.380 e. The predicted molar refractivity (Wildman–Crippen MR) is 71.0 cm³/mol. The van der Waals surface area contributed by atoms with Crippen LogP contribution in [0.1, 0.15) is 40.0 Å². The van der Waals surface area contributed by atoms with Crippen LogP contribution in [0, 0.1) is 0 Å². The van der Waals surface area contributed by atoms with Crippen LogP contribution in [-0.2, 0) is 4.74 Å². The number of hydrogen-bond donors (Lipinski definition) is 1. The SMILES string of the molecule is CCNCCCCCOCCN(CC)CC. The van der Waals surface area contributed by atoms with Crippen LogP contribution >= 0.6 is 0 Å². The molecule has 0 saturated carbocycles. The Bertz CT molecular complexity index is 127. The van der Waals surface area contributed by atoms with Gasteiger partial charge in [0.05, 0.1) is 6.61 Å². The highest BCUT2D eigenvalue weighted by atomic mass is 16.5. The van der Waals surface area contributed by atoms with Crippen molar-refractivity contribution in [2.24, 2.45) is 0 Å². The zero-order chi connectivity index (χ0) is 12.1. The molecule has 98 valence electrons. The second-order valence-electron chi connectivity index (χ2n) is 4.05. The van der Waals surface area contributed by atoms with Gasteiger partial charge in [-0.2, -0.15) is 0 Å². The lowest BCUT2D eigenvalue weighted by Gasteiger charge is -2.17. The zero-order valence-electron chi connectivity index (χ0n) is 11.4. The lowest BCUT2D eigenvalue weighted by atomic mass is 10.2. The summed E-state index contributed by atoms with van der Waals surface area (Å²) in [6.07, 6.45) is 3.75. The number of nitrogens with zero attached hydrogens (tertiary/aromatic N) is 1. The second-order valence-corrected chi connectivity index (χ2v) is 4.05. The monoisotopic (exact) mass is 230 g/mol. The molecule has 0 heterocycles. The molecule has 0 aliphatic heterocycles. The van der Waals surface area contributed by atoms with Crippen LogP contribution in [0.5, 0.6) is 0 Å². The van der Waals surface area contributed by atoms with Crippen LogP contribution in [0.4, 0.5) is 0 Å². The minimum atomic E-state index is 0.884. The summed E-state index contributed by atoms with van der Waals surface area (Å²) in [5.41, 5.74) is 0. The number of likely N-dealkylation sites (N-methyl/N-ethyl adjacent to an activating group) is 1. The average molecular weight is 230 g/mol. The molecule has 0 saturated heterocycles. The molecule has 16 heavy (non-hydrogen) atoms. The molecule has 0 amide bonds. The first-order valence-corrected chi connectivity index (χ1v) is 6.85. The maximum Gasteiger partial charge on any atom is 0.0593 e. The Kier molecular flexibility index (Phi) is 12.9. The highest BCUT2D eigenvalue weighted by molar-refractivity contribution is 4.51. The Morgan fingerprint density at radius 1 is 0.938 bits per heavy atom. The zero-order valence-corrected chi connectivity index (χ0v) is 11.4. The van der Waals surface area contributed by atoms with Crippen LogP contribution in [0.25, 0.3) is 0 Å². The molecule has 0 fully saturated rings. The van der Waals surface area contributed by atoms with Crippen LogP contribution in [0.2, 0.25) is 0 Å². The van der Waals surface area contributed by atoms with E-state index in [0.717, 1.165) is 45.9 Å². The van der Waals surface area contributed by atoms with Gasteiger partial charge in [0.25, 0.3) is 0 Å². The summed E-state index contributed by atoms with van der Waals surface area (Å²) in [7, 11) is 0. The summed E-state index contributed by atoms with van der Waals surface area (Å²) >= 11 is 0. The molecule has 3 nitrogen and oxygen atoms in total. The molecule has 0 unspecified atom stereocenters. The first-order chi connectivity index (χ1) is 7.85. The van der Waals surface area contributed by atoms with Gasteiger partial charge in [-0.15, -0.1) is 0 Å². The van der Waals surface area contributed by atoms with Crippen molar-refractivity contribution < 1.29 is 4.74 Å². The van der Waals surface area contributed by atoms with Crippen LogP contribution in [-0.4, -0.2) is 50.8 Å². The molecule has 0 bridgehead atoms. The minimum absolute atomic E-state index is 0.884. The van der Waals surface area contributed by atoms with E-state index in [1.165, 1.54) is 19.3 Å². The number of ether oxygens (including phenoxy) is 1. The van der Waals surface area contributed by atoms with Crippen LogP contribution in [0.3, 0.4) is 0 Å². The van der Waals surface area contributed by atoms with Crippen molar-refractivity contribution in [3.05, 3.63) is 0 Å². The minimum Gasteiger partial charge on any atom is -0.380 e. The van der Waals surface area contributed by atoms with E-state index in [4.69, 9.17) is 4.74 Å². The van der Waals surface area contributed by atoms with Gasteiger partial charge in [0, 0.05) is 13.2 Å². The lowest BCUT2D eigenvalue weighted by molar-refractivity contribution is 0.104. The van der Waals surface area contributed by atoms with Crippen molar-refractivity contribution in [2.75, 3.05) is 45.9 Å². The topological polar surface area (TPSA) is 24.5 Å². The van der Waals surface area contributed by atoms with Gasteiger partial charge in [0.2, 0.25) is 0 Å². The fraction of sp³-hybridized carbons (Fsp3) is 1.00. The van der Waals surface area contributed by atoms with Crippen molar-refractivity contribution in [3.8, 4) is 0 Å². The smallest absolute Gasteiger partial charge is 0.0593 e. The molecule has 3 heteroatoms. The highest BCUT2D eigenvalue weighted by Gasteiger charge is 1.97. The van der Waals surface area contributed by atoms with Crippen molar-refractivity contribution in [1.82, 2.24) is 10.2 Å². The third kappa shape index (κ3) is 10.4. The predicted octanol–water partition coefficient (Wildman–Crippen LogP) is 2.12. The van der Waals surface area contributed by atoms with Crippen molar-refractivity contribution in [3.63, 3.8) is 0 Å². The highest BCUT2D eigenvalue weighted by Crippen LogP contribution is 1.95. The van der Waals surface area contributed by atoms with E-state index in [1.54, 1.807) is 0 Å². The number of rotatable bonds is 12. The number of unbranched alkanes of at least 4 members (excludes halogenated alkanes) is 2. The standard InChI is InChI=1S/C13H30N2O/c1-4-14-10-8-7-9-12-16-13-11-15(5-2)6-3/h14H,4-13H2,1-3H3. The molecule has 0 aromatic heterocycles. The third-order valence-corrected chi connectivity index (χ3v) is 2.84. The maximum absolute atomic E-state index is 5.61. The van der Waals surface area contributed by atoms with Gasteiger partial charge < -0.3 is 15.0 Å². The second kappa shape index (κ2) is 12.9. The first kappa shape index (κ1) is 15.9. The van der Waals surface area contributed by atoms with Gasteiger partial charge >= 0.3 is 0 Å². The van der Waals surface area contributed by atoms with Crippen LogP contribution in [0.15, 0.2) is 0 Å².